The largest absolute Gasteiger partial charge is 0.393 e. The van der Waals surface area contributed by atoms with Crippen molar-refractivity contribution in [3.8, 4) is 0 Å². The second-order valence-corrected chi connectivity index (χ2v) is 4.33. The number of carbonyl (C=O) groups excluding carboxylic acids is 1. The number of amides is 1. The fourth-order valence-corrected chi connectivity index (χ4v) is 1.54. The summed E-state index contributed by atoms with van der Waals surface area (Å²) in [6.07, 6.45) is 2.09. The van der Waals surface area contributed by atoms with Gasteiger partial charge in [0.05, 0.1) is 10.6 Å². The number of hydrogen-bond acceptors (Lipinski definition) is 2. The smallest absolute Gasteiger partial charge is 0.254 e. The number of thiocarbonyl (C=S) groups is 1. The number of rotatable bonds is 6. The second-order valence-electron chi connectivity index (χ2n) is 3.80. The first-order chi connectivity index (χ1) is 8.50. The molecule has 1 rings (SSSR count). The average molecular weight is 272 g/mol. The Kier molecular flexibility index (Phi) is 5.64. The highest BCUT2D eigenvalue weighted by molar-refractivity contribution is 7.80. The topological polar surface area (TPSA) is 55.1 Å². The monoisotopic (exact) mass is 272 g/mol. The number of nitrogens with one attached hydrogen (secondary N) is 1. The Morgan fingerprint density at radius 2 is 2.06 bits per heavy atom. The number of nitrogens with two attached hydrogens (primary N) is 1. The van der Waals surface area contributed by atoms with Gasteiger partial charge in [0.15, 0.2) is 0 Å². The Bertz CT molecular complexity index is 452. The first-order valence-electron chi connectivity index (χ1n) is 5.52. The Morgan fingerprint density at radius 1 is 1.33 bits per heavy atom. The van der Waals surface area contributed by atoms with Crippen molar-refractivity contribution in [2.24, 2.45) is 5.73 Å². The van der Waals surface area contributed by atoms with Crippen molar-refractivity contribution in [1.82, 2.24) is 5.32 Å². The van der Waals surface area contributed by atoms with Crippen molar-refractivity contribution < 1.29 is 13.6 Å². The molecule has 3 nitrogen and oxygen atoms in total. The molecule has 0 saturated carbocycles. The molecule has 0 aromatic heterocycles. The molecule has 0 spiro atoms. The van der Waals surface area contributed by atoms with E-state index in [4.69, 9.17) is 18.0 Å². The normalized spacial score (nSPS) is 10.1. The zero-order chi connectivity index (χ0) is 13.5. The van der Waals surface area contributed by atoms with Crippen LogP contribution in [0.5, 0.6) is 0 Å². The van der Waals surface area contributed by atoms with Crippen LogP contribution in [0.25, 0.3) is 0 Å². The van der Waals surface area contributed by atoms with E-state index in [2.05, 4.69) is 5.32 Å². The van der Waals surface area contributed by atoms with E-state index in [0.717, 1.165) is 18.6 Å². The Morgan fingerprint density at radius 3 is 2.67 bits per heavy atom. The van der Waals surface area contributed by atoms with Crippen molar-refractivity contribution in [1.29, 1.82) is 0 Å². The van der Waals surface area contributed by atoms with Crippen LogP contribution >= 0.6 is 12.2 Å². The maximum absolute atomic E-state index is 13.2. The predicted molar refractivity (Wildman–Crippen MR) is 69.3 cm³/mol. The summed E-state index contributed by atoms with van der Waals surface area (Å²) in [6.45, 7) is 0.401. The van der Waals surface area contributed by atoms with Crippen LogP contribution in [0, 0.1) is 11.6 Å². The molecule has 0 aliphatic rings. The fourth-order valence-electron chi connectivity index (χ4n) is 1.39. The fraction of sp³-hybridized carbons (Fsp3) is 0.333. The molecule has 0 aliphatic carbocycles. The Balaban J connectivity index is 2.39. The Labute approximate surface area is 109 Å². The van der Waals surface area contributed by atoms with Gasteiger partial charge in [-0.2, -0.15) is 0 Å². The van der Waals surface area contributed by atoms with Gasteiger partial charge in [-0.1, -0.05) is 12.2 Å². The summed E-state index contributed by atoms with van der Waals surface area (Å²) in [5.41, 5.74) is 5.16. The molecule has 0 saturated heterocycles. The van der Waals surface area contributed by atoms with E-state index >= 15 is 0 Å². The number of carbonyl (C=O) groups is 1. The summed E-state index contributed by atoms with van der Waals surface area (Å²) >= 11 is 4.71. The van der Waals surface area contributed by atoms with E-state index in [1.807, 2.05) is 0 Å². The number of benzene rings is 1. The lowest BCUT2D eigenvalue weighted by molar-refractivity contribution is 0.0949. The van der Waals surface area contributed by atoms with Crippen molar-refractivity contribution in [3.05, 3.63) is 35.4 Å². The number of halogens is 2. The minimum absolute atomic E-state index is 0.161. The zero-order valence-electron chi connectivity index (χ0n) is 9.71. The summed E-state index contributed by atoms with van der Waals surface area (Å²) in [5, 5.41) is 2.55. The molecular weight excluding hydrogens is 258 g/mol. The molecule has 98 valence electrons. The molecular formula is C12H14F2N2OS. The molecule has 1 aromatic rings. The third kappa shape index (κ3) is 4.75. The first kappa shape index (κ1) is 14.5. The highest BCUT2D eigenvalue weighted by atomic mass is 32.1. The van der Waals surface area contributed by atoms with E-state index in [-0.39, 0.29) is 5.56 Å². The van der Waals surface area contributed by atoms with Gasteiger partial charge >= 0.3 is 0 Å². The number of hydrogen-bond donors (Lipinski definition) is 2. The molecule has 0 unspecified atom stereocenters. The van der Waals surface area contributed by atoms with Gasteiger partial charge in [-0.15, -0.1) is 0 Å². The van der Waals surface area contributed by atoms with Crippen LogP contribution in [0.1, 0.15) is 29.6 Å². The van der Waals surface area contributed by atoms with Crippen LogP contribution in [0.2, 0.25) is 0 Å². The average Bonchev–Trinajstić information content (AvgIpc) is 2.27. The van der Waals surface area contributed by atoms with Crippen LogP contribution in [-0.4, -0.2) is 17.4 Å². The minimum atomic E-state index is -0.865. The lowest BCUT2D eigenvalue weighted by atomic mass is 10.2. The summed E-state index contributed by atoms with van der Waals surface area (Å²) in [5.74, 6) is -2.13. The number of unbranched alkanes of at least 4 members (excludes halogenated alkanes) is 1. The molecule has 1 amide bonds. The maximum Gasteiger partial charge on any atom is 0.254 e. The van der Waals surface area contributed by atoms with Gasteiger partial charge in [0.1, 0.15) is 11.6 Å². The van der Waals surface area contributed by atoms with Crippen molar-refractivity contribution >= 4 is 23.1 Å². The summed E-state index contributed by atoms with van der Waals surface area (Å²) in [4.78, 5) is 12.0. The first-order valence-corrected chi connectivity index (χ1v) is 5.93. The van der Waals surface area contributed by atoms with E-state index in [9.17, 15) is 13.6 Å². The molecule has 3 N–H and O–H groups in total. The summed E-state index contributed by atoms with van der Waals surface area (Å²) in [6, 6.07) is 2.85. The SMILES string of the molecule is NC(=S)CCCCNC(=O)c1ccc(F)cc1F. The molecule has 0 bridgehead atoms. The second kappa shape index (κ2) is 7.00. The van der Waals surface area contributed by atoms with Crippen molar-refractivity contribution in [2.75, 3.05) is 6.54 Å². The van der Waals surface area contributed by atoms with Gasteiger partial charge in [0, 0.05) is 12.6 Å². The third-order valence-electron chi connectivity index (χ3n) is 2.31. The van der Waals surface area contributed by atoms with E-state index in [1.54, 1.807) is 0 Å². The van der Waals surface area contributed by atoms with Crippen LogP contribution in [0.4, 0.5) is 8.78 Å². The lowest BCUT2D eigenvalue weighted by Gasteiger charge is -2.06. The standard InChI is InChI=1S/C12H14F2N2OS/c13-8-4-5-9(10(14)7-8)12(17)16-6-2-1-3-11(15)18/h4-5,7H,1-3,6H2,(H2,15,18)(H,16,17). The summed E-state index contributed by atoms with van der Waals surface area (Å²) < 4.78 is 25.9. The van der Waals surface area contributed by atoms with Crippen LogP contribution in [0.3, 0.4) is 0 Å². The van der Waals surface area contributed by atoms with Gasteiger partial charge in [-0.25, -0.2) is 8.78 Å². The molecule has 0 aliphatic heterocycles. The Hall–Kier alpha value is -1.56. The van der Waals surface area contributed by atoms with Gasteiger partial charge in [-0.05, 0) is 31.4 Å². The lowest BCUT2D eigenvalue weighted by Crippen LogP contribution is -2.25. The van der Waals surface area contributed by atoms with Gasteiger partial charge in [-0.3, -0.25) is 4.79 Å². The molecule has 0 fully saturated rings. The highest BCUT2D eigenvalue weighted by Crippen LogP contribution is 2.09. The van der Waals surface area contributed by atoms with Crippen LogP contribution in [0.15, 0.2) is 18.2 Å². The molecule has 6 heteroatoms. The molecule has 0 radical (unpaired) electrons. The van der Waals surface area contributed by atoms with E-state index in [0.29, 0.717) is 30.4 Å². The van der Waals surface area contributed by atoms with Gasteiger partial charge < -0.3 is 11.1 Å². The minimum Gasteiger partial charge on any atom is -0.393 e. The van der Waals surface area contributed by atoms with Gasteiger partial charge in [0.25, 0.3) is 5.91 Å². The molecule has 18 heavy (non-hydrogen) atoms. The molecule has 1 aromatic carbocycles. The molecule has 0 atom stereocenters. The van der Waals surface area contributed by atoms with Crippen molar-refractivity contribution in [3.63, 3.8) is 0 Å². The highest BCUT2D eigenvalue weighted by Gasteiger charge is 2.11. The predicted octanol–water partition coefficient (Wildman–Crippen LogP) is 2.15. The van der Waals surface area contributed by atoms with Crippen LogP contribution in [-0.2, 0) is 0 Å². The maximum atomic E-state index is 13.2. The quantitative estimate of drug-likeness (QED) is 0.616. The molecule has 0 heterocycles. The zero-order valence-corrected chi connectivity index (χ0v) is 10.5. The van der Waals surface area contributed by atoms with E-state index in [1.165, 1.54) is 0 Å². The van der Waals surface area contributed by atoms with Crippen molar-refractivity contribution in [2.45, 2.75) is 19.3 Å². The van der Waals surface area contributed by atoms with Gasteiger partial charge in [0.2, 0.25) is 0 Å². The van der Waals surface area contributed by atoms with Crippen LogP contribution < -0.4 is 11.1 Å². The van der Waals surface area contributed by atoms with E-state index < -0.39 is 17.5 Å². The summed E-state index contributed by atoms with van der Waals surface area (Å²) in [7, 11) is 0. The third-order valence-corrected chi connectivity index (χ3v) is 2.52.